The quantitative estimate of drug-likeness (QED) is 0.425. The zero-order valence-corrected chi connectivity index (χ0v) is 21.7. The van der Waals surface area contributed by atoms with Gasteiger partial charge in [0.2, 0.25) is 5.95 Å². The number of anilines is 1. The molecule has 3 heterocycles. The maximum Gasteiger partial charge on any atom is 0.255 e. The first kappa shape index (κ1) is 25.4. The standard InChI is InChI=1S/C30H31N7O/c1-22-5-10-26(19-27(18-22)34-30-32-13-11-28(35-30)25-4-3-12-31-20-25)33-29(38)24-8-6-23(7-9-24)21-37-16-14-36(2)15-17-37/h3-13,18-20H,14-17,21H2,1-2H3,(H,33,38). The number of hydrogen-bond acceptors (Lipinski definition) is 7. The number of aryl methyl sites for hydroxylation is 1. The Morgan fingerprint density at radius 1 is 0.974 bits per heavy atom. The third-order valence-electron chi connectivity index (χ3n) is 6.51. The highest BCUT2D eigenvalue weighted by Gasteiger charge is 2.14. The van der Waals surface area contributed by atoms with Crippen LogP contribution in [0.1, 0.15) is 21.5 Å². The second-order valence-corrected chi connectivity index (χ2v) is 9.57. The Bertz CT molecular complexity index is 1460. The molecule has 8 heteroatoms. The Morgan fingerprint density at radius 3 is 2.55 bits per heavy atom. The molecule has 0 unspecified atom stereocenters. The van der Waals surface area contributed by atoms with Gasteiger partial charge in [-0.1, -0.05) is 18.2 Å². The third-order valence-corrected chi connectivity index (χ3v) is 6.51. The molecular weight excluding hydrogens is 474 g/mol. The van der Waals surface area contributed by atoms with Crippen molar-refractivity contribution in [1.82, 2.24) is 24.8 Å². The van der Waals surface area contributed by atoms with E-state index in [9.17, 15) is 4.79 Å². The Labute approximate surface area is 222 Å². The summed E-state index contributed by atoms with van der Waals surface area (Å²) >= 11 is 0. The number of nitrogens with one attached hydrogen (secondary N) is 1. The van der Waals surface area contributed by atoms with Crippen LogP contribution in [0.25, 0.3) is 11.3 Å². The van der Waals surface area contributed by atoms with Gasteiger partial charge in [0.25, 0.3) is 5.91 Å². The van der Waals surface area contributed by atoms with Crippen molar-refractivity contribution in [2.45, 2.75) is 13.5 Å². The first-order valence-corrected chi connectivity index (χ1v) is 12.7. The summed E-state index contributed by atoms with van der Waals surface area (Å²) in [4.78, 5) is 35.5. The summed E-state index contributed by atoms with van der Waals surface area (Å²) in [5, 5.41) is 3.66. The van der Waals surface area contributed by atoms with Gasteiger partial charge in [0.15, 0.2) is 0 Å². The van der Waals surface area contributed by atoms with Gasteiger partial charge in [-0.15, -0.1) is 0 Å². The molecule has 0 spiro atoms. The van der Waals surface area contributed by atoms with E-state index < -0.39 is 0 Å². The number of nitrogens with zero attached hydrogens (tertiary/aromatic N) is 6. The lowest BCUT2D eigenvalue weighted by molar-refractivity contribution is 0.102. The number of piperazine rings is 1. The minimum Gasteiger partial charge on any atom is -0.322 e. The summed E-state index contributed by atoms with van der Waals surface area (Å²) in [7, 11) is 2.16. The van der Waals surface area contributed by atoms with Crippen LogP contribution in [0.2, 0.25) is 0 Å². The fourth-order valence-electron chi connectivity index (χ4n) is 4.32. The molecule has 5 rings (SSSR count). The van der Waals surface area contributed by atoms with E-state index in [1.807, 2.05) is 73.7 Å². The second-order valence-electron chi connectivity index (χ2n) is 9.57. The van der Waals surface area contributed by atoms with Gasteiger partial charge in [0.05, 0.1) is 11.1 Å². The van der Waals surface area contributed by atoms with Crippen LogP contribution in [0.15, 0.2) is 90.3 Å². The number of likely N-dealkylation sites (N-methyl/N-ethyl adjacent to an activating group) is 1. The van der Waals surface area contributed by atoms with Gasteiger partial charge in [0.1, 0.15) is 0 Å². The molecule has 0 radical (unpaired) electrons. The van der Waals surface area contributed by atoms with Crippen LogP contribution in [-0.4, -0.2) is 63.9 Å². The van der Waals surface area contributed by atoms with Crippen molar-refractivity contribution < 1.29 is 4.79 Å². The molecule has 4 aromatic rings. The van der Waals surface area contributed by atoms with Gasteiger partial charge < -0.3 is 10.2 Å². The van der Waals surface area contributed by atoms with Crippen LogP contribution in [0.3, 0.4) is 0 Å². The van der Waals surface area contributed by atoms with E-state index in [-0.39, 0.29) is 5.91 Å². The molecule has 0 atom stereocenters. The smallest absolute Gasteiger partial charge is 0.255 e. The second kappa shape index (κ2) is 11.9. The molecule has 0 bridgehead atoms. The minimum atomic E-state index is -0.166. The average molecular weight is 506 g/mol. The lowest BCUT2D eigenvalue weighted by atomic mass is 10.1. The number of hydrogen-bond donors (Lipinski definition) is 1. The maximum absolute atomic E-state index is 13.0. The zero-order valence-electron chi connectivity index (χ0n) is 21.7. The van der Waals surface area contributed by atoms with Crippen molar-refractivity contribution in [3.63, 3.8) is 0 Å². The van der Waals surface area contributed by atoms with Crippen LogP contribution in [0.5, 0.6) is 0 Å². The van der Waals surface area contributed by atoms with Crippen LogP contribution in [-0.2, 0) is 6.54 Å². The molecule has 1 aliphatic rings. The van der Waals surface area contributed by atoms with E-state index in [1.165, 1.54) is 5.56 Å². The minimum absolute atomic E-state index is 0.166. The molecular formula is C30H31N7O. The number of rotatable bonds is 6. The van der Waals surface area contributed by atoms with Gasteiger partial charge in [0, 0.05) is 68.1 Å². The van der Waals surface area contributed by atoms with Crippen LogP contribution < -0.4 is 10.7 Å². The average Bonchev–Trinajstić information content (AvgIpc) is 3.11. The highest BCUT2D eigenvalue weighted by atomic mass is 16.1. The molecule has 1 fully saturated rings. The number of carbonyl (C=O) groups is 1. The Morgan fingerprint density at radius 2 is 1.79 bits per heavy atom. The van der Waals surface area contributed by atoms with Crippen LogP contribution in [0.4, 0.5) is 11.6 Å². The predicted molar refractivity (Wildman–Crippen MR) is 149 cm³/mol. The summed E-state index contributed by atoms with van der Waals surface area (Å²) in [5.74, 6) is 0.172. The highest BCUT2D eigenvalue weighted by Crippen LogP contribution is 2.17. The number of benzene rings is 1. The molecule has 1 aliphatic heterocycles. The van der Waals surface area contributed by atoms with E-state index in [4.69, 9.17) is 0 Å². The van der Waals surface area contributed by atoms with E-state index in [2.05, 4.69) is 42.1 Å². The highest BCUT2D eigenvalue weighted by molar-refractivity contribution is 6.04. The van der Waals surface area contributed by atoms with Gasteiger partial charge in [-0.25, -0.2) is 15.0 Å². The molecule has 38 heavy (non-hydrogen) atoms. The summed E-state index contributed by atoms with van der Waals surface area (Å²) in [5.41, 5.74) is 5.11. The van der Waals surface area contributed by atoms with Crippen LogP contribution >= 0.6 is 0 Å². The molecule has 0 aliphatic carbocycles. The molecule has 1 saturated heterocycles. The number of aromatic nitrogens is 3. The first-order valence-electron chi connectivity index (χ1n) is 12.7. The van der Waals surface area contributed by atoms with Gasteiger partial charge in [-0.3, -0.25) is 14.7 Å². The molecule has 1 N–H and O–H groups in total. The van der Waals surface area contributed by atoms with Crippen molar-refractivity contribution >= 4 is 17.5 Å². The lowest BCUT2D eigenvalue weighted by Crippen LogP contribution is -2.43. The van der Waals surface area contributed by atoms with E-state index in [1.54, 1.807) is 18.6 Å². The summed E-state index contributed by atoms with van der Waals surface area (Å²) in [6, 6.07) is 21.1. The molecule has 0 saturated carbocycles. The summed E-state index contributed by atoms with van der Waals surface area (Å²) in [6.07, 6.45) is 5.16. The number of carbonyl (C=O) groups excluding carboxylic acids is 1. The molecule has 2 aromatic carbocycles. The SMILES string of the molecule is Cc1ccc(NC(=O)c2ccc(CN3CCN(C)CC3)cc2)cc(=Nc2nccc(-c3cccnc3)n2)c1. The largest absolute Gasteiger partial charge is 0.322 e. The summed E-state index contributed by atoms with van der Waals surface area (Å²) < 4.78 is 0. The van der Waals surface area contributed by atoms with Crippen LogP contribution in [0, 0.1) is 6.92 Å². The van der Waals surface area contributed by atoms with E-state index in [0.717, 1.165) is 49.5 Å². The molecule has 192 valence electrons. The monoisotopic (exact) mass is 505 g/mol. The van der Waals surface area contributed by atoms with Gasteiger partial charge in [-0.2, -0.15) is 0 Å². The fraction of sp³-hybridized carbons (Fsp3) is 0.233. The van der Waals surface area contributed by atoms with E-state index >= 15 is 0 Å². The molecule has 1 amide bonds. The summed E-state index contributed by atoms with van der Waals surface area (Å²) in [6.45, 7) is 7.19. The fourth-order valence-corrected chi connectivity index (χ4v) is 4.32. The Kier molecular flexibility index (Phi) is 7.92. The lowest BCUT2D eigenvalue weighted by Gasteiger charge is -2.32. The first-order chi connectivity index (χ1) is 18.5. The van der Waals surface area contributed by atoms with Gasteiger partial charge in [-0.05, 0) is 73.6 Å². The van der Waals surface area contributed by atoms with Crippen molar-refractivity contribution in [1.29, 1.82) is 0 Å². The normalized spacial score (nSPS) is 14.8. The van der Waals surface area contributed by atoms with Crippen molar-refractivity contribution in [2.24, 2.45) is 4.99 Å². The van der Waals surface area contributed by atoms with Crippen molar-refractivity contribution in [2.75, 3.05) is 38.5 Å². The van der Waals surface area contributed by atoms with E-state index in [0.29, 0.717) is 22.6 Å². The third kappa shape index (κ3) is 6.73. The molecule has 2 aromatic heterocycles. The Balaban J connectivity index is 1.32. The Hall–Kier alpha value is -4.27. The van der Waals surface area contributed by atoms with Crippen molar-refractivity contribution in [3.8, 4) is 11.3 Å². The predicted octanol–water partition coefficient (Wildman–Crippen LogP) is 4.08. The number of pyridine rings is 1. The zero-order chi connectivity index (χ0) is 26.3. The topological polar surface area (TPSA) is 86.6 Å². The number of amides is 1. The molecule has 8 nitrogen and oxygen atoms in total. The maximum atomic E-state index is 13.0. The van der Waals surface area contributed by atoms with Crippen molar-refractivity contribution in [3.05, 3.63) is 107 Å². The van der Waals surface area contributed by atoms with Gasteiger partial charge >= 0.3 is 0 Å².